The van der Waals surface area contributed by atoms with Crippen LogP contribution in [0.25, 0.3) is 0 Å². The normalized spacial score (nSPS) is 10.3. The van der Waals surface area contributed by atoms with Gasteiger partial charge in [-0.1, -0.05) is 23.2 Å². The van der Waals surface area contributed by atoms with Crippen molar-refractivity contribution in [1.82, 2.24) is 9.97 Å². The molecule has 0 bridgehead atoms. The van der Waals surface area contributed by atoms with E-state index in [0.29, 0.717) is 11.6 Å². The Labute approximate surface area is 130 Å². The van der Waals surface area contributed by atoms with Gasteiger partial charge >= 0.3 is 5.69 Å². The van der Waals surface area contributed by atoms with Crippen LogP contribution in [0.5, 0.6) is 11.6 Å². The van der Waals surface area contributed by atoms with Crippen molar-refractivity contribution in [1.29, 1.82) is 0 Å². The van der Waals surface area contributed by atoms with E-state index in [0.717, 1.165) is 6.07 Å². The lowest BCUT2D eigenvalue weighted by Crippen LogP contribution is -2.00. The molecule has 0 saturated carbocycles. The number of nitrogens with zero attached hydrogens (tertiary/aromatic N) is 3. The first kappa shape index (κ1) is 15.3. The molecule has 0 amide bonds. The minimum Gasteiger partial charge on any atom is -0.432 e. The zero-order valence-electron chi connectivity index (χ0n) is 11.1. The Morgan fingerprint density at radius 2 is 1.90 bits per heavy atom. The van der Waals surface area contributed by atoms with Crippen molar-refractivity contribution in [2.75, 3.05) is 12.4 Å². The molecule has 110 valence electrons. The summed E-state index contributed by atoms with van der Waals surface area (Å²) in [5.41, 5.74) is -0.299. The molecule has 0 saturated heterocycles. The van der Waals surface area contributed by atoms with E-state index in [-0.39, 0.29) is 27.4 Å². The van der Waals surface area contributed by atoms with E-state index in [2.05, 4.69) is 15.3 Å². The molecule has 2 aromatic rings. The van der Waals surface area contributed by atoms with Gasteiger partial charge in [0.2, 0.25) is 11.6 Å². The summed E-state index contributed by atoms with van der Waals surface area (Å²) in [5, 5.41) is 14.1. The van der Waals surface area contributed by atoms with Crippen LogP contribution in [-0.2, 0) is 0 Å². The molecule has 0 spiro atoms. The maximum absolute atomic E-state index is 11.0. The van der Waals surface area contributed by atoms with Gasteiger partial charge in [-0.15, -0.1) is 0 Å². The summed E-state index contributed by atoms with van der Waals surface area (Å²) in [7, 11) is 1.69. The van der Waals surface area contributed by atoms with Crippen LogP contribution >= 0.6 is 23.2 Å². The molecule has 0 unspecified atom stereocenters. The average Bonchev–Trinajstić information content (AvgIpc) is 2.41. The lowest BCUT2D eigenvalue weighted by molar-refractivity contribution is -0.385. The number of nitro groups is 1. The number of aryl methyl sites for hydroxylation is 1. The van der Waals surface area contributed by atoms with Crippen LogP contribution in [0, 0.1) is 17.0 Å². The number of hydrogen-bond donors (Lipinski definition) is 1. The number of halogens is 2. The van der Waals surface area contributed by atoms with Gasteiger partial charge in [0.25, 0.3) is 0 Å². The quantitative estimate of drug-likeness (QED) is 0.677. The Balaban J connectivity index is 2.46. The molecule has 1 N–H and O–H groups in total. The zero-order valence-corrected chi connectivity index (χ0v) is 12.6. The topological polar surface area (TPSA) is 90.2 Å². The molecule has 7 nitrogen and oxygen atoms in total. The van der Waals surface area contributed by atoms with Crippen molar-refractivity contribution in [3.05, 3.63) is 44.2 Å². The van der Waals surface area contributed by atoms with E-state index in [1.54, 1.807) is 14.0 Å². The van der Waals surface area contributed by atoms with Crippen LogP contribution < -0.4 is 10.1 Å². The van der Waals surface area contributed by atoms with E-state index in [9.17, 15) is 10.1 Å². The Kier molecular flexibility index (Phi) is 4.44. The fourth-order valence-electron chi connectivity index (χ4n) is 1.58. The number of aromatic nitrogens is 2. The van der Waals surface area contributed by atoms with Crippen LogP contribution in [0.2, 0.25) is 10.0 Å². The highest BCUT2D eigenvalue weighted by molar-refractivity contribution is 6.42. The van der Waals surface area contributed by atoms with Crippen molar-refractivity contribution in [2.24, 2.45) is 0 Å². The van der Waals surface area contributed by atoms with Gasteiger partial charge < -0.3 is 10.1 Å². The van der Waals surface area contributed by atoms with E-state index in [1.165, 1.54) is 12.1 Å². The van der Waals surface area contributed by atoms with Gasteiger partial charge in [0.1, 0.15) is 11.6 Å². The molecule has 9 heteroatoms. The van der Waals surface area contributed by atoms with Crippen LogP contribution in [-0.4, -0.2) is 21.9 Å². The van der Waals surface area contributed by atoms with Gasteiger partial charge in [-0.25, -0.2) is 4.98 Å². The summed E-state index contributed by atoms with van der Waals surface area (Å²) in [5.74, 6) is 1.10. The highest BCUT2D eigenvalue weighted by atomic mass is 35.5. The Morgan fingerprint density at radius 3 is 2.52 bits per heavy atom. The molecular formula is C12H10Cl2N4O3. The first-order valence-corrected chi connectivity index (χ1v) is 6.51. The van der Waals surface area contributed by atoms with Crippen molar-refractivity contribution >= 4 is 34.7 Å². The lowest BCUT2D eigenvalue weighted by Gasteiger charge is -2.08. The molecule has 0 fully saturated rings. The zero-order chi connectivity index (χ0) is 15.6. The number of rotatable bonds is 4. The first-order valence-electron chi connectivity index (χ1n) is 5.75. The smallest absolute Gasteiger partial charge is 0.313 e. The molecule has 0 aliphatic heterocycles. The number of nitro benzene ring substituents is 1. The van der Waals surface area contributed by atoms with E-state index < -0.39 is 4.92 Å². The average molecular weight is 329 g/mol. The van der Waals surface area contributed by atoms with Crippen molar-refractivity contribution in [3.63, 3.8) is 0 Å². The summed E-state index contributed by atoms with van der Waals surface area (Å²) < 4.78 is 5.45. The molecule has 0 aliphatic rings. The second kappa shape index (κ2) is 6.11. The molecule has 0 atom stereocenters. The molecule has 0 aliphatic carbocycles. The Hall–Kier alpha value is -2.12. The number of benzene rings is 1. The van der Waals surface area contributed by atoms with Crippen LogP contribution in [0.4, 0.5) is 11.5 Å². The standard InChI is InChI=1S/C12H10Cl2N4O3/c1-6-16-11(15-2)5-12(17-6)21-10-4-8(14)7(13)3-9(10)18(19)20/h3-5H,1-2H3,(H,15,16,17). The van der Waals surface area contributed by atoms with Gasteiger partial charge in [-0.2, -0.15) is 4.98 Å². The second-order valence-electron chi connectivity index (χ2n) is 3.98. The highest BCUT2D eigenvalue weighted by Gasteiger charge is 2.20. The third kappa shape index (κ3) is 3.50. The minimum atomic E-state index is -0.607. The predicted octanol–water partition coefficient (Wildman–Crippen LogP) is 3.83. The third-order valence-electron chi connectivity index (χ3n) is 2.48. The number of ether oxygens (including phenoxy) is 1. The van der Waals surface area contributed by atoms with Crippen molar-refractivity contribution in [2.45, 2.75) is 6.92 Å². The van der Waals surface area contributed by atoms with Gasteiger partial charge in [-0.05, 0) is 6.92 Å². The van der Waals surface area contributed by atoms with Crippen molar-refractivity contribution in [3.8, 4) is 11.6 Å². The maximum Gasteiger partial charge on any atom is 0.313 e. The maximum atomic E-state index is 11.0. The summed E-state index contributed by atoms with van der Waals surface area (Å²) in [4.78, 5) is 18.6. The minimum absolute atomic E-state index is 0.0467. The van der Waals surface area contributed by atoms with Crippen LogP contribution in [0.15, 0.2) is 18.2 Å². The highest BCUT2D eigenvalue weighted by Crippen LogP contribution is 2.37. The molecule has 1 aromatic heterocycles. The lowest BCUT2D eigenvalue weighted by atomic mass is 10.3. The SMILES string of the molecule is CNc1cc(Oc2cc(Cl)c(Cl)cc2[N+](=O)[O-])nc(C)n1. The van der Waals surface area contributed by atoms with Crippen LogP contribution in [0.3, 0.4) is 0 Å². The van der Waals surface area contributed by atoms with Gasteiger partial charge in [0.15, 0.2) is 0 Å². The third-order valence-corrected chi connectivity index (χ3v) is 3.21. The molecule has 2 rings (SSSR count). The molecule has 0 radical (unpaired) electrons. The van der Waals surface area contributed by atoms with E-state index in [1.807, 2.05) is 0 Å². The molecular weight excluding hydrogens is 319 g/mol. The fourth-order valence-corrected chi connectivity index (χ4v) is 1.89. The summed E-state index contributed by atoms with van der Waals surface area (Å²) in [6, 6.07) is 3.92. The molecule has 1 heterocycles. The Morgan fingerprint density at radius 1 is 1.24 bits per heavy atom. The first-order chi connectivity index (χ1) is 9.90. The molecule has 21 heavy (non-hydrogen) atoms. The number of anilines is 1. The predicted molar refractivity (Wildman–Crippen MR) is 79.5 cm³/mol. The molecule has 1 aromatic carbocycles. The van der Waals surface area contributed by atoms with Crippen molar-refractivity contribution < 1.29 is 9.66 Å². The summed E-state index contributed by atoms with van der Waals surface area (Å²) in [6.07, 6.45) is 0. The van der Waals surface area contributed by atoms with Gasteiger partial charge in [0, 0.05) is 25.2 Å². The van der Waals surface area contributed by atoms with Crippen LogP contribution in [0.1, 0.15) is 5.82 Å². The second-order valence-corrected chi connectivity index (χ2v) is 4.80. The number of nitrogens with one attached hydrogen (secondary N) is 1. The van der Waals surface area contributed by atoms with E-state index in [4.69, 9.17) is 27.9 Å². The number of hydrogen-bond acceptors (Lipinski definition) is 6. The largest absolute Gasteiger partial charge is 0.432 e. The summed E-state index contributed by atoms with van der Waals surface area (Å²) >= 11 is 11.6. The Bertz CT molecular complexity index is 709. The fraction of sp³-hybridized carbons (Fsp3) is 0.167. The monoisotopic (exact) mass is 328 g/mol. The summed E-state index contributed by atoms with van der Waals surface area (Å²) in [6.45, 7) is 1.68. The van der Waals surface area contributed by atoms with E-state index >= 15 is 0 Å². The van der Waals surface area contributed by atoms with Gasteiger partial charge in [-0.3, -0.25) is 10.1 Å². The van der Waals surface area contributed by atoms with Gasteiger partial charge in [0.05, 0.1) is 15.0 Å².